The second-order valence-electron chi connectivity index (χ2n) is 8.54. The molecule has 0 N–H and O–H groups in total. The fourth-order valence-corrected chi connectivity index (χ4v) is 4.84. The first-order valence-electron chi connectivity index (χ1n) is 9.39. The van der Waals surface area contributed by atoms with Gasteiger partial charge in [0.25, 0.3) is 6.04 Å². The average molecular weight is 393 g/mol. The Morgan fingerprint density at radius 2 is 1.46 bits per heavy atom. The highest BCUT2D eigenvalue weighted by Gasteiger charge is 2.67. The summed E-state index contributed by atoms with van der Waals surface area (Å²) >= 11 is 0. The van der Waals surface area contributed by atoms with E-state index < -0.39 is 47.9 Å². The van der Waals surface area contributed by atoms with Crippen molar-refractivity contribution in [3.05, 3.63) is 33.9 Å². The third-order valence-corrected chi connectivity index (χ3v) is 5.73. The minimum atomic E-state index is -1.05. The highest BCUT2D eigenvalue weighted by Crippen LogP contribution is 2.51. The van der Waals surface area contributed by atoms with Crippen molar-refractivity contribution >= 4 is 0 Å². The van der Waals surface area contributed by atoms with Gasteiger partial charge in [-0.1, -0.05) is 6.07 Å². The Morgan fingerprint density at radius 1 is 0.893 bits per heavy atom. The maximum Gasteiger partial charge on any atom is 0.251 e. The molecule has 0 spiro atoms. The summed E-state index contributed by atoms with van der Waals surface area (Å²) < 4.78 is 35.2. The minimum Gasteiger partial charge on any atom is -0.454 e. The first-order chi connectivity index (χ1) is 13.2. The summed E-state index contributed by atoms with van der Waals surface area (Å²) in [7, 11) is 0. The molecule has 152 valence electrons. The molecule has 3 fully saturated rings. The van der Waals surface area contributed by atoms with Gasteiger partial charge in [0.15, 0.2) is 29.2 Å². The molecule has 0 aromatic heterocycles. The van der Waals surface area contributed by atoms with Gasteiger partial charge in [-0.05, 0) is 45.4 Å². The van der Waals surface area contributed by atoms with Gasteiger partial charge in [-0.3, -0.25) is 10.1 Å². The van der Waals surface area contributed by atoms with Crippen molar-refractivity contribution in [3.63, 3.8) is 0 Å². The zero-order valence-electron chi connectivity index (χ0n) is 16.1. The first-order valence-corrected chi connectivity index (χ1v) is 9.39. The SMILES string of the molecule is CC1(C)O[C@@H]2[C@@H]3OC(C)(C)O[C@@H]3[C@H](c3ccc4c(c3)OCO4)[C@@H]([N+](=O)[O-])[C@@H]2O1. The van der Waals surface area contributed by atoms with Gasteiger partial charge < -0.3 is 28.4 Å². The Hall–Kier alpha value is -1.94. The van der Waals surface area contributed by atoms with E-state index in [1.54, 1.807) is 39.8 Å². The van der Waals surface area contributed by atoms with Crippen molar-refractivity contribution in [2.45, 2.75) is 75.6 Å². The lowest BCUT2D eigenvalue weighted by Crippen LogP contribution is -2.60. The van der Waals surface area contributed by atoms with Gasteiger partial charge in [-0.2, -0.15) is 0 Å². The lowest BCUT2D eigenvalue weighted by Gasteiger charge is -2.39. The maximum atomic E-state index is 12.2. The Balaban J connectivity index is 1.62. The predicted octanol–water partition coefficient (Wildman–Crippen LogP) is 2.20. The Morgan fingerprint density at radius 3 is 2.14 bits per heavy atom. The first kappa shape index (κ1) is 18.1. The summed E-state index contributed by atoms with van der Waals surface area (Å²) in [6, 6.07) is 4.33. The molecular weight excluding hydrogens is 370 g/mol. The van der Waals surface area contributed by atoms with E-state index in [4.69, 9.17) is 28.4 Å². The van der Waals surface area contributed by atoms with E-state index in [0.29, 0.717) is 11.5 Å². The van der Waals surface area contributed by atoms with Crippen LogP contribution in [0.1, 0.15) is 39.2 Å². The molecule has 1 aromatic rings. The second kappa shape index (κ2) is 5.79. The van der Waals surface area contributed by atoms with Gasteiger partial charge in [0.05, 0.1) is 5.92 Å². The zero-order chi connectivity index (χ0) is 19.8. The molecule has 0 radical (unpaired) electrons. The smallest absolute Gasteiger partial charge is 0.251 e. The highest BCUT2D eigenvalue weighted by atomic mass is 16.8. The van der Waals surface area contributed by atoms with Crippen molar-refractivity contribution in [2.24, 2.45) is 0 Å². The summed E-state index contributed by atoms with van der Waals surface area (Å²) in [5.74, 6) is -1.21. The third-order valence-electron chi connectivity index (χ3n) is 5.73. The topological polar surface area (TPSA) is 98.5 Å². The molecule has 3 aliphatic heterocycles. The lowest BCUT2D eigenvalue weighted by molar-refractivity contribution is -0.545. The number of ether oxygens (including phenoxy) is 6. The van der Waals surface area contributed by atoms with Gasteiger partial charge in [0.2, 0.25) is 6.79 Å². The largest absolute Gasteiger partial charge is 0.454 e. The van der Waals surface area contributed by atoms with Crippen LogP contribution in [0.3, 0.4) is 0 Å². The van der Waals surface area contributed by atoms with E-state index in [1.807, 2.05) is 6.07 Å². The Bertz CT molecular complexity index is 824. The molecule has 0 bridgehead atoms. The van der Waals surface area contributed by atoms with Crippen molar-refractivity contribution in [3.8, 4) is 11.5 Å². The fraction of sp³-hybridized carbons (Fsp3) is 0.684. The molecule has 1 aliphatic carbocycles. The van der Waals surface area contributed by atoms with Crippen LogP contribution in [0.4, 0.5) is 0 Å². The van der Waals surface area contributed by atoms with Crippen LogP contribution in [0.2, 0.25) is 0 Å². The highest BCUT2D eigenvalue weighted by molar-refractivity contribution is 5.46. The van der Waals surface area contributed by atoms with Gasteiger partial charge >= 0.3 is 0 Å². The fourth-order valence-electron chi connectivity index (χ4n) is 4.84. The van der Waals surface area contributed by atoms with Crippen molar-refractivity contribution in [2.75, 3.05) is 6.79 Å². The summed E-state index contributed by atoms with van der Waals surface area (Å²) in [4.78, 5) is 11.9. The number of hydrogen-bond acceptors (Lipinski definition) is 8. The third kappa shape index (κ3) is 2.68. The zero-order valence-corrected chi connectivity index (χ0v) is 16.1. The predicted molar refractivity (Wildman–Crippen MR) is 93.7 cm³/mol. The minimum absolute atomic E-state index is 0.136. The van der Waals surface area contributed by atoms with Crippen LogP contribution >= 0.6 is 0 Å². The van der Waals surface area contributed by atoms with Crippen molar-refractivity contribution in [1.82, 2.24) is 0 Å². The van der Waals surface area contributed by atoms with Crippen LogP contribution in [0.15, 0.2) is 18.2 Å². The van der Waals surface area contributed by atoms with E-state index in [-0.39, 0.29) is 11.7 Å². The van der Waals surface area contributed by atoms with Crippen LogP contribution in [0, 0.1) is 10.1 Å². The van der Waals surface area contributed by atoms with E-state index in [9.17, 15) is 10.1 Å². The summed E-state index contributed by atoms with van der Waals surface area (Å²) in [6.07, 6.45) is -2.36. The normalized spacial score (nSPS) is 39.4. The van der Waals surface area contributed by atoms with Gasteiger partial charge in [0, 0.05) is 4.92 Å². The van der Waals surface area contributed by atoms with E-state index in [1.165, 1.54) is 0 Å². The van der Waals surface area contributed by atoms with Crippen molar-refractivity contribution in [1.29, 1.82) is 0 Å². The number of fused-ring (bicyclic) bond motifs is 4. The molecule has 9 heteroatoms. The number of nitro groups is 1. The molecule has 6 atom stereocenters. The van der Waals surface area contributed by atoms with Gasteiger partial charge in [0.1, 0.15) is 18.3 Å². The van der Waals surface area contributed by atoms with Crippen LogP contribution < -0.4 is 9.47 Å². The molecule has 3 heterocycles. The van der Waals surface area contributed by atoms with Crippen LogP contribution in [0.25, 0.3) is 0 Å². The summed E-state index contributed by atoms with van der Waals surface area (Å²) in [6.45, 7) is 7.26. The van der Waals surface area contributed by atoms with Gasteiger partial charge in [-0.15, -0.1) is 0 Å². The summed E-state index contributed by atoms with van der Waals surface area (Å²) in [5, 5.41) is 12.2. The number of benzene rings is 1. The van der Waals surface area contributed by atoms with Crippen molar-refractivity contribution < 1.29 is 33.3 Å². The van der Waals surface area contributed by atoms with Crippen LogP contribution in [-0.4, -0.2) is 53.7 Å². The molecule has 1 aromatic carbocycles. The molecule has 4 aliphatic rings. The van der Waals surface area contributed by atoms with E-state index in [2.05, 4.69) is 0 Å². The standard InChI is InChI=1S/C19H23NO8/c1-18(2)25-14-12(9-5-6-10-11(7-9)24-8-23-10)13(20(21)22)15-17(16(14)27-18)28-19(3,4)26-15/h5-7,12-17H,8H2,1-4H3/t12-,13-,14-,15+,16-,17+/m1/s1. The van der Waals surface area contributed by atoms with E-state index >= 15 is 0 Å². The molecule has 5 rings (SSSR count). The Kier molecular flexibility index (Phi) is 3.74. The average Bonchev–Trinajstić information content (AvgIpc) is 3.25. The Labute approximate surface area is 161 Å². The number of rotatable bonds is 2. The van der Waals surface area contributed by atoms with Crippen LogP contribution in [0.5, 0.6) is 11.5 Å². The van der Waals surface area contributed by atoms with Gasteiger partial charge in [-0.25, -0.2) is 0 Å². The maximum absolute atomic E-state index is 12.2. The monoisotopic (exact) mass is 393 g/mol. The molecule has 0 amide bonds. The summed E-state index contributed by atoms with van der Waals surface area (Å²) in [5.41, 5.74) is 0.731. The number of hydrogen-bond donors (Lipinski definition) is 0. The number of nitrogens with zero attached hydrogens (tertiary/aromatic N) is 1. The molecule has 0 unspecified atom stereocenters. The molecule has 9 nitrogen and oxygen atoms in total. The molecular formula is C19H23NO8. The second-order valence-corrected chi connectivity index (χ2v) is 8.54. The van der Waals surface area contributed by atoms with E-state index in [0.717, 1.165) is 5.56 Å². The lowest BCUT2D eigenvalue weighted by atomic mass is 9.73. The molecule has 2 saturated heterocycles. The van der Waals surface area contributed by atoms with Crippen LogP contribution in [-0.2, 0) is 18.9 Å². The molecule has 1 saturated carbocycles. The molecule has 28 heavy (non-hydrogen) atoms. The quantitative estimate of drug-likeness (QED) is 0.557.